The maximum atomic E-state index is 12.4. The van der Waals surface area contributed by atoms with Gasteiger partial charge < -0.3 is 66.6 Å². The van der Waals surface area contributed by atoms with Crippen LogP contribution in [0.2, 0.25) is 0 Å². The van der Waals surface area contributed by atoms with E-state index in [9.17, 15) is 40.5 Å². The first-order valence-electron chi connectivity index (χ1n) is 36.6. The van der Waals surface area contributed by atoms with Crippen molar-refractivity contribution in [1.29, 1.82) is 0 Å². The van der Waals surface area contributed by atoms with Gasteiger partial charge in [0.15, 0.2) is 0 Å². The fourth-order valence-electron chi connectivity index (χ4n) is 13.3. The number of nitro groups is 4. The number of nitrogens with two attached hydrogens (primary N) is 5. The van der Waals surface area contributed by atoms with Crippen LogP contribution in [0.3, 0.4) is 0 Å². The van der Waals surface area contributed by atoms with Gasteiger partial charge in [0.2, 0.25) is 0 Å². The maximum absolute atomic E-state index is 12.4. The van der Waals surface area contributed by atoms with Gasteiger partial charge in [-0.25, -0.2) is 0 Å². The molecule has 25 nitrogen and oxygen atoms in total. The Hall–Kier alpha value is -11.1. The summed E-state index contributed by atoms with van der Waals surface area (Å²) in [6, 6.07) is 26.9. The zero-order chi connectivity index (χ0) is 76.7. The third kappa shape index (κ3) is 20.2. The van der Waals surface area contributed by atoms with Crippen LogP contribution in [0.15, 0.2) is 97.1 Å². The second-order valence-electron chi connectivity index (χ2n) is 26.3. The lowest BCUT2D eigenvalue weighted by Crippen LogP contribution is -2.11. The molecule has 8 aromatic carbocycles. The van der Waals surface area contributed by atoms with Gasteiger partial charge in [-0.3, -0.25) is 40.5 Å². The Kier molecular flexibility index (Phi) is 29.4. The third-order valence-corrected chi connectivity index (χ3v) is 17.5. The number of nitrogens with zero attached hydrogens (tertiary/aromatic N) is 4. The van der Waals surface area contributed by atoms with E-state index in [1.54, 1.807) is 0 Å². The molecule has 16 bridgehead atoms. The van der Waals surface area contributed by atoms with E-state index in [2.05, 4.69) is 33.4 Å². The molecule has 0 aliphatic heterocycles. The van der Waals surface area contributed by atoms with Crippen LogP contribution in [-0.2, 0) is 51.4 Å². The topological polar surface area (TPSA) is 376 Å². The first kappa shape index (κ1) is 80.6. The van der Waals surface area contributed by atoms with Crippen LogP contribution in [0.5, 0.6) is 46.0 Å². The van der Waals surface area contributed by atoms with Crippen molar-refractivity contribution in [3.8, 4) is 46.0 Å². The van der Waals surface area contributed by atoms with E-state index in [0.29, 0.717) is 168 Å². The number of fused-ring (bicyclic) bond motifs is 16. The summed E-state index contributed by atoms with van der Waals surface area (Å²) in [5.41, 5.74) is 43.0. The minimum Gasteiger partial charge on any atom is -0.493 e. The van der Waals surface area contributed by atoms with Gasteiger partial charge in [0.05, 0.1) is 72.5 Å². The van der Waals surface area contributed by atoms with E-state index in [1.165, 1.54) is 55.6 Å². The molecular weight excluding hydrogens is 1350 g/mol. The number of hydrogen-bond acceptors (Lipinski definition) is 21. The standard InChI is InChI=1S/C40H44N4O12.C40H52N4O4.CH5N/c1-5-9-53-37-25-13-27-19-34(42(47)48)21-29(38(27)54-10-6-2)15-31-23-36(44(51)52)24-32(40(31)56-12-8-4)16-30-22-35(43(49)50)20-28(39(30)55-11-7-3)14-26(37)18-33(17-25)41(45)46;1-5-9-45-37-25-13-27-19-34(42)21-29(38(27)46-10-6-2)15-31-23-36(44)24-32(40(31)48-12-8-4)16-30-22-35(43)20-28(39(30)47-11-7-3)14-26(37)18-33(41)17-25;1-2/h17-24H,5-16H2,1-4H3;17-24H,5-16,41-44H2,1-4H3;2H2,1H3. The molecule has 0 radical (unpaired) electrons. The van der Waals surface area contributed by atoms with Crippen molar-refractivity contribution in [2.45, 2.75) is 158 Å². The predicted octanol–water partition coefficient (Wildman–Crippen LogP) is 16.6. The van der Waals surface area contributed by atoms with E-state index in [0.717, 1.165) is 93.2 Å². The SMILES string of the molecule is CCCOc1c2cc(N)cc1Cc1cc(N)cc(c1OCCC)Cc1cc(N)cc(c1OCCC)Cc1cc(N)cc(c1OCCC)C2.CCCOc1c2cc([N+](=O)[O-])cc1Cc1cc([N+](=O)[O-])cc(c1OCCC)Cc1cc([N+](=O)[O-])cc(c1OCCC)Cc1cc([N+](=O)[O-])cc(c1OCCC)C2.CN. The van der Waals surface area contributed by atoms with Crippen molar-refractivity contribution in [2.75, 3.05) is 82.8 Å². The van der Waals surface area contributed by atoms with Gasteiger partial charge in [0, 0.05) is 212 Å². The van der Waals surface area contributed by atoms with Gasteiger partial charge in [0.1, 0.15) is 46.0 Å². The van der Waals surface area contributed by atoms with Gasteiger partial charge in [-0.15, -0.1) is 0 Å². The summed E-state index contributed by atoms with van der Waals surface area (Å²) < 4.78 is 51.4. The molecule has 0 aromatic heterocycles. The van der Waals surface area contributed by atoms with Gasteiger partial charge in [0.25, 0.3) is 22.7 Å². The van der Waals surface area contributed by atoms with E-state index in [1.807, 2.05) is 76.2 Å². The highest BCUT2D eigenvalue weighted by atomic mass is 16.6. The lowest BCUT2D eigenvalue weighted by Gasteiger charge is -2.24. The van der Waals surface area contributed by atoms with Gasteiger partial charge in [-0.05, 0) is 107 Å². The number of nitro benzene ring substituents is 4. The first-order valence-corrected chi connectivity index (χ1v) is 36.6. The van der Waals surface area contributed by atoms with Crippen LogP contribution in [-0.4, -0.2) is 79.6 Å². The average Bonchev–Trinajstić information content (AvgIpc) is 0.749. The average molecular weight is 1460 g/mol. The van der Waals surface area contributed by atoms with E-state index < -0.39 is 19.7 Å². The Bertz CT molecular complexity index is 3710. The lowest BCUT2D eigenvalue weighted by atomic mass is 9.90. The van der Waals surface area contributed by atoms with E-state index in [-0.39, 0.29) is 74.9 Å². The zero-order valence-corrected chi connectivity index (χ0v) is 62.4. The summed E-state index contributed by atoms with van der Waals surface area (Å²) in [5.74, 6) is 4.47. The molecule has 0 atom stereocenters. The summed E-state index contributed by atoms with van der Waals surface area (Å²) in [6.45, 7) is 19.2. The van der Waals surface area contributed by atoms with Crippen molar-refractivity contribution in [1.82, 2.24) is 0 Å². The number of anilines is 4. The minimum atomic E-state index is -0.549. The van der Waals surface area contributed by atoms with Gasteiger partial charge in [-0.2, -0.15) is 0 Å². The summed E-state index contributed by atoms with van der Waals surface area (Å²) in [6.07, 6.45) is 7.52. The van der Waals surface area contributed by atoms with Crippen molar-refractivity contribution in [2.24, 2.45) is 5.73 Å². The number of rotatable bonds is 28. The summed E-state index contributed by atoms with van der Waals surface area (Å²) in [5, 5.41) is 49.8. The first-order chi connectivity index (χ1) is 51.1. The van der Waals surface area contributed by atoms with Crippen molar-refractivity contribution >= 4 is 45.5 Å². The molecule has 2 aliphatic carbocycles. The van der Waals surface area contributed by atoms with E-state index in [4.69, 9.17) is 60.8 Å². The summed E-state index contributed by atoms with van der Waals surface area (Å²) in [4.78, 5) is 47.6. The molecule has 566 valence electrons. The van der Waals surface area contributed by atoms with Crippen LogP contribution < -0.4 is 66.6 Å². The van der Waals surface area contributed by atoms with Crippen LogP contribution in [0.1, 0.15) is 196 Å². The Morgan fingerprint density at radius 3 is 0.434 bits per heavy atom. The largest absolute Gasteiger partial charge is 0.493 e. The Morgan fingerprint density at radius 1 is 0.236 bits per heavy atom. The fraction of sp³-hybridized carbons (Fsp3) is 0.407. The summed E-state index contributed by atoms with van der Waals surface area (Å²) in [7, 11) is 1.50. The highest BCUT2D eigenvalue weighted by Crippen LogP contribution is 2.46. The van der Waals surface area contributed by atoms with Crippen molar-refractivity contribution < 1.29 is 57.6 Å². The Balaban J connectivity index is 0.000000264. The van der Waals surface area contributed by atoms with Gasteiger partial charge in [-0.1, -0.05) is 55.4 Å². The smallest absolute Gasteiger partial charge is 0.270 e. The zero-order valence-electron chi connectivity index (χ0n) is 62.4. The molecule has 0 heterocycles. The molecule has 0 amide bonds. The molecule has 10 rings (SSSR count). The predicted molar refractivity (Wildman–Crippen MR) is 415 cm³/mol. The number of benzene rings is 8. The van der Waals surface area contributed by atoms with Crippen LogP contribution >= 0.6 is 0 Å². The minimum absolute atomic E-state index is 0.0970. The fourth-order valence-corrected chi connectivity index (χ4v) is 13.3. The Morgan fingerprint density at radius 2 is 0.340 bits per heavy atom. The molecule has 25 heteroatoms. The molecule has 0 saturated heterocycles. The normalized spacial score (nSPS) is 12.1. The van der Waals surface area contributed by atoms with Crippen LogP contribution in [0, 0.1) is 40.5 Å². The van der Waals surface area contributed by atoms with Crippen molar-refractivity contribution in [3.63, 3.8) is 0 Å². The van der Waals surface area contributed by atoms with Crippen molar-refractivity contribution in [3.05, 3.63) is 227 Å². The van der Waals surface area contributed by atoms with Crippen LogP contribution in [0.4, 0.5) is 45.5 Å². The van der Waals surface area contributed by atoms with Crippen LogP contribution in [0.25, 0.3) is 0 Å². The molecular formula is C81H101N9O16. The maximum Gasteiger partial charge on any atom is 0.270 e. The van der Waals surface area contributed by atoms with Gasteiger partial charge >= 0.3 is 0 Å². The molecule has 2 aliphatic rings. The monoisotopic (exact) mass is 1460 g/mol. The molecule has 0 saturated carbocycles. The van der Waals surface area contributed by atoms with E-state index >= 15 is 0 Å². The molecule has 8 aromatic rings. The number of nitrogen functional groups attached to an aromatic ring is 4. The number of hydrogen-bond donors (Lipinski definition) is 5. The molecule has 0 fully saturated rings. The quantitative estimate of drug-likeness (QED) is 0.0173. The highest BCUT2D eigenvalue weighted by molar-refractivity contribution is 5.67. The highest BCUT2D eigenvalue weighted by Gasteiger charge is 2.31. The number of ether oxygens (including phenoxy) is 8. The molecule has 106 heavy (non-hydrogen) atoms. The molecule has 0 spiro atoms. The lowest BCUT2D eigenvalue weighted by molar-refractivity contribution is -0.385. The molecule has 0 unspecified atom stereocenters. The third-order valence-electron chi connectivity index (χ3n) is 17.5. The number of non-ortho nitro benzene ring substituents is 4. The second-order valence-corrected chi connectivity index (χ2v) is 26.3. The summed E-state index contributed by atoms with van der Waals surface area (Å²) >= 11 is 0. The Labute approximate surface area is 619 Å². The molecule has 10 N–H and O–H groups in total. The second kappa shape index (κ2) is 38.6.